The summed E-state index contributed by atoms with van der Waals surface area (Å²) in [5, 5.41) is 14.4. The van der Waals surface area contributed by atoms with E-state index >= 15 is 0 Å². The molecule has 0 unspecified atom stereocenters. The molecule has 0 bridgehead atoms. The highest BCUT2D eigenvalue weighted by atomic mass is 35.5. The molecule has 1 heterocycles. The second kappa shape index (κ2) is 8.55. The molecule has 0 fully saturated rings. The van der Waals surface area contributed by atoms with Crippen LogP contribution < -0.4 is 15.4 Å². The summed E-state index contributed by atoms with van der Waals surface area (Å²) < 4.78 is 5.34. The molecule has 23 heavy (non-hydrogen) atoms. The molecule has 0 aliphatic carbocycles. The van der Waals surface area contributed by atoms with Crippen molar-refractivity contribution >= 4 is 40.7 Å². The molecule has 2 aromatic rings. The minimum atomic E-state index is -0.361. The Hall–Kier alpha value is -2.05. The summed E-state index contributed by atoms with van der Waals surface area (Å²) in [6.07, 6.45) is 0.991. The van der Waals surface area contributed by atoms with E-state index < -0.39 is 0 Å². The van der Waals surface area contributed by atoms with Crippen LogP contribution in [0, 0.1) is 0 Å². The summed E-state index contributed by atoms with van der Waals surface area (Å²) in [7, 11) is 0. The molecule has 0 aliphatic rings. The number of halogens is 2. The smallest absolute Gasteiger partial charge is 0.263 e. The van der Waals surface area contributed by atoms with Gasteiger partial charge in [0, 0.05) is 11.6 Å². The van der Waals surface area contributed by atoms with Crippen molar-refractivity contribution in [2.24, 2.45) is 0 Å². The van der Waals surface area contributed by atoms with Gasteiger partial charge in [0.05, 0.1) is 5.02 Å². The lowest BCUT2D eigenvalue weighted by Gasteiger charge is -2.09. The summed E-state index contributed by atoms with van der Waals surface area (Å²) in [6.45, 7) is 2.68. The number of amides is 1. The van der Waals surface area contributed by atoms with Crippen LogP contribution in [-0.4, -0.2) is 29.3 Å². The van der Waals surface area contributed by atoms with Gasteiger partial charge in [0.25, 0.3) is 5.91 Å². The van der Waals surface area contributed by atoms with Crippen molar-refractivity contribution in [2.45, 2.75) is 13.3 Å². The summed E-state index contributed by atoms with van der Waals surface area (Å²) in [5.74, 6) is 1.04. The molecule has 1 aromatic carbocycles. The Bertz CT molecular complexity index is 665. The first-order valence-corrected chi connectivity index (χ1v) is 7.79. The fourth-order valence-corrected chi connectivity index (χ4v) is 2.12. The molecule has 0 saturated carbocycles. The van der Waals surface area contributed by atoms with E-state index in [4.69, 9.17) is 27.9 Å². The van der Waals surface area contributed by atoms with Crippen molar-refractivity contribution in [1.82, 2.24) is 10.2 Å². The second-order valence-corrected chi connectivity index (χ2v) is 5.49. The van der Waals surface area contributed by atoms with E-state index in [0.717, 1.165) is 13.0 Å². The van der Waals surface area contributed by atoms with Gasteiger partial charge in [-0.2, -0.15) is 0 Å². The Kier molecular flexibility index (Phi) is 6.43. The van der Waals surface area contributed by atoms with E-state index in [0.29, 0.717) is 27.4 Å². The third-order valence-corrected chi connectivity index (χ3v) is 3.27. The van der Waals surface area contributed by atoms with Crippen LogP contribution in [0.25, 0.3) is 0 Å². The predicted molar refractivity (Wildman–Crippen MR) is 91.4 cm³/mol. The van der Waals surface area contributed by atoms with Crippen molar-refractivity contribution in [1.29, 1.82) is 0 Å². The van der Waals surface area contributed by atoms with Crippen LogP contribution in [0.1, 0.15) is 13.3 Å². The zero-order valence-corrected chi connectivity index (χ0v) is 14.0. The summed E-state index contributed by atoms with van der Waals surface area (Å²) in [5.41, 5.74) is 0. The average molecular weight is 355 g/mol. The van der Waals surface area contributed by atoms with Crippen LogP contribution >= 0.6 is 23.2 Å². The van der Waals surface area contributed by atoms with Crippen LogP contribution in [-0.2, 0) is 4.79 Å². The molecule has 122 valence electrons. The van der Waals surface area contributed by atoms with E-state index in [1.165, 1.54) is 0 Å². The molecule has 1 aromatic heterocycles. The van der Waals surface area contributed by atoms with Crippen LogP contribution in [0.2, 0.25) is 10.0 Å². The molecular weight excluding hydrogens is 339 g/mol. The fraction of sp³-hybridized carbons (Fsp3) is 0.267. The van der Waals surface area contributed by atoms with Crippen molar-refractivity contribution in [2.75, 3.05) is 23.8 Å². The standard InChI is InChI=1S/C15H16Cl2N4O2/c1-2-7-18-13-5-6-14(21-20-13)19-15(22)9-23-12-4-3-10(16)8-11(12)17/h3-6,8H,2,7,9H2,1H3,(H,18,20)(H,19,21,22). The number of ether oxygens (including phenoxy) is 1. The normalized spacial score (nSPS) is 10.2. The molecule has 2 N–H and O–H groups in total. The number of nitrogens with one attached hydrogen (secondary N) is 2. The van der Waals surface area contributed by atoms with Crippen LogP contribution in [0.15, 0.2) is 30.3 Å². The summed E-state index contributed by atoms with van der Waals surface area (Å²) in [6, 6.07) is 8.19. The zero-order chi connectivity index (χ0) is 16.7. The van der Waals surface area contributed by atoms with Gasteiger partial charge in [-0.3, -0.25) is 4.79 Å². The Morgan fingerprint density at radius 1 is 1.17 bits per heavy atom. The highest BCUT2D eigenvalue weighted by Gasteiger charge is 2.08. The molecule has 2 rings (SSSR count). The first kappa shape index (κ1) is 17.3. The van der Waals surface area contributed by atoms with Gasteiger partial charge in [0.15, 0.2) is 12.4 Å². The van der Waals surface area contributed by atoms with E-state index in [9.17, 15) is 4.79 Å². The third-order valence-electron chi connectivity index (χ3n) is 2.74. The van der Waals surface area contributed by atoms with Crippen LogP contribution in [0.5, 0.6) is 5.75 Å². The number of carbonyl (C=O) groups is 1. The van der Waals surface area contributed by atoms with E-state index in [-0.39, 0.29) is 12.5 Å². The van der Waals surface area contributed by atoms with Crippen molar-refractivity contribution in [3.05, 3.63) is 40.4 Å². The molecule has 8 heteroatoms. The number of hydrogen-bond donors (Lipinski definition) is 2. The lowest BCUT2D eigenvalue weighted by atomic mass is 10.3. The zero-order valence-electron chi connectivity index (χ0n) is 12.5. The second-order valence-electron chi connectivity index (χ2n) is 4.64. The Morgan fingerprint density at radius 2 is 1.91 bits per heavy atom. The minimum absolute atomic E-state index is 0.196. The van der Waals surface area contributed by atoms with Crippen molar-refractivity contribution in [3.8, 4) is 5.75 Å². The first-order chi connectivity index (χ1) is 11.1. The highest BCUT2D eigenvalue weighted by Crippen LogP contribution is 2.27. The highest BCUT2D eigenvalue weighted by molar-refractivity contribution is 6.35. The molecule has 0 saturated heterocycles. The number of anilines is 2. The largest absolute Gasteiger partial charge is 0.482 e. The number of benzene rings is 1. The van der Waals surface area contributed by atoms with E-state index in [2.05, 4.69) is 27.8 Å². The van der Waals surface area contributed by atoms with E-state index in [1.807, 2.05) is 0 Å². The maximum atomic E-state index is 11.8. The number of aromatic nitrogens is 2. The van der Waals surface area contributed by atoms with Gasteiger partial charge in [0.1, 0.15) is 11.6 Å². The quantitative estimate of drug-likeness (QED) is 0.793. The summed E-state index contributed by atoms with van der Waals surface area (Å²) in [4.78, 5) is 11.8. The number of hydrogen-bond acceptors (Lipinski definition) is 5. The molecule has 0 aliphatic heterocycles. The fourth-order valence-electron chi connectivity index (χ4n) is 1.66. The molecular formula is C15H16Cl2N4O2. The van der Waals surface area contributed by atoms with Gasteiger partial charge < -0.3 is 15.4 Å². The Labute approximate surface area is 144 Å². The first-order valence-electron chi connectivity index (χ1n) is 7.04. The predicted octanol–water partition coefficient (Wildman–Crippen LogP) is 3.62. The molecule has 0 spiro atoms. The Morgan fingerprint density at radius 3 is 2.57 bits per heavy atom. The third kappa shape index (κ3) is 5.58. The summed E-state index contributed by atoms with van der Waals surface area (Å²) >= 11 is 11.8. The molecule has 1 amide bonds. The molecule has 6 nitrogen and oxygen atoms in total. The number of nitrogens with zero attached hydrogens (tertiary/aromatic N) is 2. The van der Waals surface area contributed by atoms with Crippen LogP contribution in [0.3, 0.4) is 0 Å². The number of carbonyl (C=O) groups excluding carboxylic acids is 1. The Balaban J connectivity index is 1.84. The van der Waals surface area contributed by atoms with Gasteiger partial charge in [-0.25, -0.2) is 0 Å². The molecule has 0 radical (unpaired) electrons. The lowest BCUT2D eigenvalue weighted by Crippen LogP contribution is -2.21. The van der Waals surface area contributed by atoms with E-state index in [1.54, 1.807) is 30.3 Å². The van der Waals surface area contributed by atoms with Gasteiger partial charge >= 0.3 is 0 Å². The van der Waals surface area contributed by atoms with Crippen molar-refractivity contribution in [3.63, 3.8) is 0 Å². The maximum Gasteiger partial charge on any atom is 0.263 e. The topological polar surface area (TPSA) is 76.1 Å². The minimum Gasteiger partial charge on any atom is -0.482 e. The number of rotatable bonds is 7. The lowest BCUT2D eigenvalue weighted by molar-refractivity contribution is -0.118. The monoisotopic (exact) mass is 354 g/mol. The van der Waals surface area contributed by atoms with Crippen molar-refractivity contribution < 1.29 is 9.53 Å². The van der Waals surface area contributed by atoms with Gasteiger partial charge in [-0.05, 0) is 36.8 Å². The van der Waals surface area contributed by atoms with Gasteiger partial charge in [-0.1, -0.05) is 30.1 Å². The SMILES string of the molecule is CCCNc1ccc(NC(=O)COc2ccc(Cl)cc2Cl)nn1. The van der Waals surface area contributed by atoms with Gasteiger partial charge in [-0.15, -0.1) is 10.2 Å². The molecule has 0 atom stereocenters. The maximum absolute atomic E-state index is 11.8. The van der Waals surface area contributed by atoms with Gasteiger partial charge in [0.2, 0.25) is 0 Å². The average Bonchev–Trinajstić information content (AvgIpc) is 2.53. The van der Waals surface area contributed by atoms with Crippen LogP contribution in [0.4, 0.5) is 11.6 Å².